The topological polar surface area (TPSA) is 80.3 Å². The minimum absolute atomic E-state index is 0.0528. The second-order valence-corrected chi connectivity index (χ2v) is 66.4. The molecule has 0 spiro atoms. The summed E-state index contributed by atoms with van der Waals surface area (Å²) in [6, 6.07) is 20.4. The molecule has 0 heterocycles. The number of rotatable bonds is 45. The van der Waals surface area contributed by atoms with E-state index < -0.39 is 4.39 Å². The maximum Gasteiger partial charge on any atom is 0.264 e. The first kappa shape index (κ1) is 118. The predicted molar refractivity (Wildman–Crippen MR) is 559 cm³/mol. The van der Waals surface area contributed by atoms with Gasteiger partial charge in [0.05, 0.1) is 17.3 Å². The van der Waals surface area contributed by atoms with Crippen molar-refractivity contribution in [2.24, 2.45) is 0 Å². The Bertz CT molecular complexity index is 2590. The van der Waals surface area contributed by atoms with Gasteiger partial charge in [-0.05, 0) is 339 Å². The van der Waals surface area contributed by atoms with Crippen molar-refractivity contribution >= 4 is 138 Å². The lowest BCUT2D eigenvalue weighted by molar-refractivity contribution is -0.215. The minimum Gasteiger partial charge on any atom is -0.453 e. The summed E-state index contributed by atoms with van der Waals surface area (Å²) in [5, 5.41) is 1.25. The van der Waals surface area contributed by atoms with Gasteiger partial charge < -0.3 is 37.9 Å². The van der Waals surface area contributed by atoms with Crippen LogP contribution in [-0.2, 0) is 33.2 Å². The van der Waals surface area contributed by atoms with Crippen molar-refractivity contribution in [3.63, 3.8) is 0 Å². The monoisotopic (exact) mass is 1900 g/mol. The van der Waals surface area contributed by atoms with Crippen LogP contribution in [0.25, 0.3) is 0 Å². The van der Waals surface area contributed by atoms with E-state index in [1.807, 2.05) is 67.0 Å². The summed E-state index contributed by atoms with van der Waals surface area (Å²) in [6.45, 7) is 55.7. The molecule has 10 nitrogen and oxygen atoms in total. The van der Waals surface area contributed by atoms with Crippen molar-refractivity contribution in [3.05, 3.63) is 60.7 Å². The quantitative estimate of drug-likeness (QED) is 0.0358. The highest BCUT2D eigenvalue weighted by molar-refractivity contribution is 8.34. The molecule has 4 aliphatic carbocycles. The summed E-state index contributed by atoms with van der Waals surface area (Å²) < 4.78 is 49.4. The number of unbranched alkanes of at least 4 members (excludes halogenated alkanes) is 2. The van der Waals surface area contributed by atoms with Crippen LogP contribution in [-0.4, -0.2) is 233 Å². The van der Waals surface area contributed by atoms with Crippen molar-refractivity contribution in [2.45, 2.75) is 375 Å². The molecular formula is C93H183N2O8P7S7. The Morgan fingerprint density at radius 1 is 0.470 bits per heavy atom. The molecule has 4 fully saturated rings. The molecule has 4 unspecified atom stereocenters. The second-order valence-electron chi connectivity index (χ2n) is 35.1. The fourth-order valence-electron chi connectivity index (χ4n) is 15.6. The van der Waals surface area contributed by atoms with Gasteiger partial charge >= 0.3 is 0 Å². The Morgan fingerprint density at radius 3 is 1.17 bits per heavy atom. The Labute approximate surface area is 765 Å². The summed E-state index contributed by atoms with van der Waals surface area (Å²) in [5.41, 5.74) is 2.20. The molecule has 117 heavy (non-hydrogen) atoms. The molecule has 6 rings (SSSR count). The lowest BCUT2D eigenvalue weighted by Gasteiger charge is -2.50. The van der Waals surface area contributed by atoms with Gasteiger partial charge in [-0.2, -0.15) is 0 Å². The highest BCUT2D eigenvalue weighted by Crippen LogP contribution is 2.73. The number of hydrogen-bond donors (Lipinski definition) is 0. The van der Waals surface area contributed by atoms with Gasteiger partial charge in [0.25, 0.3) is 4.39 Å². The van der Waals surface area contributed by atoms with E-state index in [4.69, 9.17) is 37.9 Å². The van der Waals surface area contributed by atoms with E-state index in [2.05, 4.69) is 287 Å². The first-order valence-corrected chi connectivity index (χ1v) is 65.1. The molecule has 4 aliphatic rings. The molecule has 2 aromatic carbocycles. The SMILES string of the molecule is CC(C)SC(Oc1ccccc1)(Sc1ccccc1)N(C)C.CCCCP(CCCC)C(OC(C)(C)C)(OC(C)(C)C)P(C)C.CCCSC(OC)(SC)P(C1CCCCC1)C1CCCCC1.CCP(C(C)C)C(OC)(OC(C)C)P(C)C.CCP(CC)C(OC)(OC)P(C)C.CCSC(SC1CCCCC1)(SC1CCCCC1)N(C)C. The fraction of sp³-hybridized carbons (Fsp3) is 0.871. The molecule has 0 saturated heterocycles. The van der Waals surface area contributed by atoms with Crippen LogP contribution in [0.1, 0.15) is 292 Å². The summed E-state index contributed by atoms with van der Waals surface area (Å²) >= 11 is 14.5. The van der Waals surface area contributed by atoms with E-state index in [0.717, 1.165) is 33.7 Å². The molecule has 4 atom stereocenters. The first-order chi connectivity index (χ1) is 55.2. The maximum atomic E-state index is 6.75. The molecule has 0 aromatic heterocycles. The third-order valence-corrected chi connectivity index (χ3v) is 56.7. The van der Waals surface area contributed by atoms with Crippen LogP contribution in [0.15, 0.2) is 65.6 Å². The summed E-state index contributed by atoms with van der Waals surface area (Å²) in [6.07, 6.45) is 44.0. The van der Waals surface area contributed by atoms with Crippen LogP contribution in [0, 0.1) is 0 Å². The Kier molecular flexibility index (Phi) is 64.1. The van der Waals surface area contributed by atoms with Crippen molar-refractivity contribution in [3.8, 4) is 5.75 Å². The second kappa shape index (κ2) is 63.4. The van der Waals surface area contributed by atoms with Gasteiger partial charge in [0, 0.05) is 49.1 Å². The molecular weight excluding hydrogens is 1710 g/mol. The number of hydrogen-bond acceptors (Lipinski definition) is 17. The predicted octanol–water partition coefficient (Wildman–Crippen LogP) is 32.6. The zero-order chi connectivity index (χ0) is 88.7. The van der Waals surface area contributed by atoms with Gasteiger partial charge in [-0.1, -0.05) is 226 Å². The Morgan fingerprint density at radius 2 is 0.880 bits per heavy atom. The number of benzene rings is 2. The van der Waals surface area contributed by atoms with Gasteiger partial charge in [0.1, 0.15) is 5.75 Å². The number of thioether (sulfide) groups is 7. The Balaban J connectivity index is 0.000000709. The number of para-hydroxylation sites is 1. The van der Waals surface area contributed by atoms with Crippen LogP contribution < -0.4 is 4.74 Å². The van der Waals surface area contributed by atoms with Crippen LogP contribution in [0.3, 0.4) is 0 Å². The average molecular weight is 1900 g/mol. The lowest BCUT2D eigenvalue weighted by atomic mass is 9.99. The zero-order valence-corrected chi connectivity index (χ0v) is 93.6. The van der Waals surface area contributed by atoms with E-state index in [1.54, 1.807) is 33.1 Å². The maximum absolute atomic E-state index is 6.75. The highest BCUT2D eigenvalue weighted by atomic mass is 32.3. The molecule has 0 bridgehead atoms. The van der Waals surface area contributed by atoms with Crippen molar-refractivity contribution in [2.75, 3.05) is 145 Å². The van der Waals surface area contributed by atoms with Crippen molar-refractivity contribution in [1.82, 2.24) is 9.80 Å². The van der Waals surface area contributed by atoms with Gasteiger partial charge in [-0.3, -0.25) is 9.80 Å². The molecule has 0 radical (unpaired) electrons. The standard InChI is InChI=1S/C19H42O2P2.C18H23NOS2.C18H35OPS2.C17H33NS3.C12H28O2P2.C9H22O2P2/c1-11-13-15-23(16-14-12-2)19(22(9)10,20-17(3,4)5)21-18(6,7)8;1-15(2)21-18(19(3)4,20-16-11-7-5-8-12-16)22-17-13-9-6-10-14-17;1-4-15-22-18(19-2,21-3)20(16-11-7-5-8-12-16)17-13-9-6-10-14-17;1-4-19-17(18(2)3,20-15-11-7-5-8-12-15)21-16-13-9-6-10-14-16;1-9-16(11(4)5)12(13-6,15(7)8)14-10(2)3;1-7-13(8-2)9(10-3,11-4)12(5)6/h11-16H2,1-10H3;5-15H,1-4H3;16-17H,4-15H2,1-3H3;15-16H,4-14H2,1-3H3;10-11H,9H2,1-8H3;7-8H2,1-6H3. The Hall–Kier alpha value is 3.34. The highest BCUT2D eigenvalue weighted by Gasteiger charge is 2.51. The smallest absolute Gasteiger partial charge is 0.264 e. The number of methoxy groups -OCH3 is 4. The minimum atomic E-state index is -0.503. The van der Waals surface area contributed by atoms with Crippen LogP contribution in [0.2, 0.25) is 0 Å². The van der Waals surface area contributed by atoms with E-state index in [0.29, 0.717) is 10.9 Å². The summed E-state index contributed by atoms with van der Waals surface area (Å²) in [7, 11) is 14.4. The lowest BCUT2D eigenvalue weighted by Crippen LogP contribution is -2.45. The van der Waals surface area contributed by atoms with E-state index in [9.17, 15) is 0 Å². The molecule has 4 saturated carbocycles. The molecule has 0 N–H and O–H groups in total. The molecule has 24 heteroatoms. The first-order valence-electron chi connectivity index (χ1n) is 45.3. The molecule has 0 amide bonds. The van der Waals surface area contributed by atoms with Gasteiger partial charge in [0.2, 0.25) is 15.8 Å². The molecule has 690 valence electrons. The van der Waals surface area contributed by atoms with Crippen molar-refractivity contribution < 1.29 is 37.9 Å². The largest absolute Gasteiger partial charge is 0.453 e. The van der Waals surface area contributed by atoms with Crippen molar-refractivity contribution in [1.29, 1.82) is 0 Å². The molecule has 0 aliphatic heterocycles. The third kappa shape index (κ3) is 42.2. The van der Waals surface area contributed by atoms with Crippen LogP contribution >= 0.6 is 138 Å². The van der Waals surface area contributed by atoms with E-state index in [-0.39, 0.29) is 96.1 Å². The average Bonchev–Trinajstić information content (AvgIpc) is 0.783. The summed E-state index contributed by atoms with van der Waals surface area (Å²) in [4.78, 5) is 5.85. The fourth-order valence-corrected chi connectivity index (χ4v) is 51.9. The number of ether oxygens (including phenoxy) is 8. The number of nitrogens with zero attached hydrogens (tertiary/aromatic N) is 2. The summed E-state index contributed by atoms with van der Waals surface area (Å²) in [5.74, 6) is 3.35. The molecule has 2 aromatic rings. The third-order valence-electron chi connectivity index (χ3n) is 21.0. The van der Waals surface area contributed by atoms with Crippen LogP contribution in [0.4, 0.5) is 0 Å². The normalized spacial score (nSPS) is 18.1. The van der Waals surface area contributed by atoms with Gasteiger partial charge in [0.15, 0.2) is 7.54 Å². The van der Waals surface area contributed by atoms with E-state index >= 15 is 0 Å². The van der Waals surface area contributed by atoms with E-state index in [1.165, 1.54) is 202 Å². The van der Waals surface area contributed by atoms with Gasteiger partial charge in [-0.25, -0.2) is 0 Å². The van der Waals surface area contributed by atoms with Crippen LogP contribution in [0.5, 0.6) is 5.75 Å². The van der Waals surface area contributed by atoms with Gasteiger partial charge in [-0.15, -0.1) is 58.8 Å². The zero-order valence-electron chi connectivity index (χ0n) is 81.6.